The minimum Gasteiger partial charge on any atom is -0.394 e. The molecule has 0 saturated heterocycles. The van der Waals surface area contributed by atoms with Gasteiger partial charge in [0, 0.05) is 6.07 Å². The van der Waals surface area contributed by atoms with Crippen LogP contribution >= 0.6 is 0 Å². The number of aromatic nitrogens is 2. The number of aliphatic hydroxyl groups excluding tert-OH is 3. The van der Waals surface area contributed by atoms with Crippen molar-refractivity contribution in [2.75, 3.05) is 19.8 Å². The van der Waals surface area contributed by atoms with Gasteiger partial charge >= 0.3 is 0 Å². The highest BCUT2D eigenvalue weighted by molar-refractivity contribution is 5.92. The van der Waals surface area contributed by atoms with Gasteiger partial charge in [0.25, 0.3) is 11.5 Å². The van der Waals surface area contributed by atoms with E-state index in [-0.39, 0.29) is 5.69 Å². The Hall–Kier alpha value is -1.77. The molecule has 0 aromatic carbocycles. The molecule has 0 unspecified atom stereocenters. The highest BCUT2D eigenvalue weighted by Gasteiger charge is 2.30. The van der Waals surface area contributed by atoms with E-state index in [9.17, 15) is 9.59 Å². The SMILES string of the molecule is O=C(NC(CO)(CO)CO)c1ccc(=O)[nH]n1. The third kappa shape index (κ3) is 3.09. The lowest BCUT2D eigenvalue weighted by Gasteiger charge is -2.28. The van der Waals surface area contributed by atoms with Crippen molar-refractivity contribution in [2.24, 2.45) is 0 Å². The molecule has 0 bridgehead atoms. The first-order valence-corrected chi connectivity index (χ1v) is 4.78. The van der Waals surface area contributed by atoms with Crippen LogP contribution in [0.5, 0.6) is 0 Å². The second-order valence-electron chi connectivity index (χ2n) is 3.52. The number of H-pyrrole nitrogens is 1. The van der Waals surface area contributed by atoms with Crippen LogP contribution in [0.2, 0.25) is 0 Å². The van der Waals surface area contributed by atoms with Gasteiger partial charge in [-0.1, -0.05) is 0 Å². The van der Waals surface area contributed by atoms with Crippen molar-refractivity contribution < 1.29 is 20.1 Å². The maximum Gasteiger partial charge on any atom is 0.272 e. The molecule has 0 aliphatic heterocycles. The fourth-order valence-corrected chi connectivity index (χ4v) is 1.04. The molecule has 1 heterocycles. The Bertz CT molecular complexity index is 412. The summed E-state index contributed by atoms with van der Waals surface area (Å²) in [5.74, 6) is -0.724. The predicted octanol–water partition coefficient (Wildman–Crippen LogP) is -2.78. The van der Waals surface area contributed by atoms with Gasteiger partial charge in [-0.25, -0.2) is 5.10 Å². The molecule has 8 nitrogen and oxygen atoms in total. The third-order valence-corrected chi connectivity index (χ3v) is 2.20. The fourth-order valence-electron chi connectivity index (χ4n) is 1.04. The Morgan fingerprint density at radius 1 is 1.29 bits per heavy atom. The van der Waals surface area contributed by atoms with Crippen molar-refractivity contribution in [1.82, 2.24) is 15.5 Å². The zero-order valence-electron chi connectivity index (χ0n) is 8.88. The van der Waals surface area contributed by atoms with Gasteiger partial charge in [0.2, 0.25) is 0 Å². The fraction of sp³-hybridized carbons (Fsp3) is 0.444. The predicted molar refractivity (Wildman–Crippen MR) is 56.3 cm³/mol. The summed E-state index contributed by atoms with van der Waals surface area (Å²) in [5.41, 5.74) is -2.07. The molecule has 0 fully saturated rings. The van der Waals surface area contributed by atoms with Crippen LogP contribution in [0.3, 0.4) is 0 Å². The first-order chi connectivity index (χ1) is 8.06. The number of carbonyl (C=O) groups excluding carboxylic acids is 1. The molecular weight excluding hydrogens is 230 g/mol. The summed E-state index contributed by atoms with van der Waals surface area (Å²) in [6.07, 6.45) is 0. The molecule has 1 aromatic rings. The van der Waals surface area contributed by atoms with Crippen LogP contribution in [0.15, 0.2) is 16.9 Å². The largest absolute Gasteiger partial charge is 0.394 e. The molecule has 1 amide bonds. The summed E-state index contributed by atoms with van der Waals surface area (Å²) in [4.78, 5) is 22.3. The molecule has 1 aromatic heterocycles. The smallest absolute Gasteiger partial charge is 0.272 e. The maximum atomic E-state index is 11.6. The van der Waals surface area contributed by atoms with E-state index in [1.807, 2.05) is 0 Å². The standard InChI is InChI=1S/C9H13N3O5/c13-3-9(4-14,5-15)10-8(17)6-1-2-7(16)12-11-6/h1-2,13-15H,3-5H2,(H,10,17)(H,12,16). The number of nitrogens with zero attached hydrogens (tertiary/aromatic N) is 1. The van der Waals surface area contributed by atoms with E-state index in [0.717, 1.165) is 6.07 Å². The van der Waals surface area contributed by atoms with Crippen LogP contribution in [0.4, 0.5) is 0 Å². The number of nitrogens with one attached hydrogen (secondary N) is 2. The van der Waals surface area contributed by atoms with Crippen LogP contribution in [0, 0.1) is 0 Å². The lowest BCUT2D eigenvalue weighted by molar-refractivity contribution is 0.0372. The van der Waals surface area contributed by atoms with Crippen LogP contribution in [-0.4, -0.2) is 56.8 Å². The Morgan fingerprint density at radius 2 is 1.88 bits per heavy atom. The molecule has 5 N–H and O–H groups in total. The molecule has 0 aliphatic rings. The van der Waals surface area contributed by atoms with Gasteiger partial charge in [-0.15, -0.1) is 0 Å². The van der Waals surface area contributed by atoms with Crippen molar-refractivity contribution in [2.45, 2.75) is 5.54 Å². The minimum absolute atomic E-state index is 0.0932. The number of hydrogen-bond acceptors (Lipinski definition) is 6. The van der Waals surface area contributed by atoms with Crippen molar-refractivity contribution in [3.05, 3.63) is 28.2 Å². The molecule has 94 valence electrons. The van der Waals surface area contributed by atoms with Gasteiger partial charge in [-0.3, -0.25) is 9.59 Å². The van der Waals surface area contributed by atoms with Crippen molar-refractivity contribution >= 4 is 5.91 Å². The van der Waals surface area contributed by atoms with E-state index in [4.69, 9.17) is 15.3 Å². The summed E-state index contributed by atoms with van der Waals surface area (Å²) in [5, 5.41) is 34.8. The van der Waals surface area contributed by atoms with Gasteiger partial charge in [0.15, 0.2) is 0 Å². The molecule has 0 aliphatic carbocycles. The van der Waals surface area contributed by atoms with Crippen LogP contribution < -0.4 is 10.9 Å². The lowest BCUT2D eigenvalue weighted by atomic mass is 10.0. The minimum atomic E-state index is -1.52. The van der Waals surface area contributed by atoms with Crippen LogP contribution in [0.1, 0.15) is 10.5 Å². The van der Waals surface area contributed by atoms with Gasteiger partial charge in [0.1, 0.15) is 11.2 Å². The van der Waals surface area contributed by atoms with E-state index in [1.165, 1.54) is 6.07 Å². The Kier molecular flexibility index (Phi) is 4.32. The van der Waals surface area contributed by atoms with E-state index in [0.29, 0.717) is 0 Å². The van der Waals surface area contributed by atoms with E-state index >= 15 is 0 Å². The molecule has 0 saturated carbocycles. The molecule has 17 heavy (non-hydrogen) atoms. The number of carbonyl (C=O) groups is 1. The second-order valence-corrected chi connectivity index (χ2v) is 3.52. The lowest BCUT2D eigenvalue weighted by Crippen LogP contribution is -2.57. The summed E-state index contributed by atoms with van der Waals surface area (Å²) in [6.45, 7) is -1.89. The summed E-state index contributed by atoms with van der Waals surface area (Å²) in [6, 6.07) is 2.30. The van der Waals surface area contributed by atoms with Crippen molar-refractivity contribution in [3.8, 4) is 0 Å². The van der Waals surface area contributed by atoms with Gasteiger partial charge in [-0.05, 0) is 6.07 Å². The number of amides is 1. The van der Waals surface area contributed by atoms with Gasteiger partial charge in [0.05, 0.1) is 19.8 Å². The van der Waals surface area contributed by atoms with Gasteiger partial charge in [-0.2, -0.15) is 5.10 Å². The molecule has 8 heteroatoms. The first-order valence-electron chi connectivity index (χ1n) is 4.78. The average molecular weight is 243 g/mol. The summed E-state index contributed by atoms with van der Waals surface area (Å²) in [7, 11) is 0. The first kappa shape index (κ1) is 13.3. The molecule has 0 spiro atoms. The molecule has 1 rings (SSSR count). The third-order valence-electron chi connectivity index (χ3n) is 2.20. The Morgan fingerprint density at radius 3 is 2.29 bits per heavy atom. The summed E-state index contributed by atoms with van der Waals surface area (Å²) >= 11 is 0. The van der Waals surface area contributed by atoms with E-state index in [2.05, 4.69) is 15.5 Å². The van der Waals surface area contributed by atoms with E-state index in [1.54, 1.807) is 0 Å². The number of aromatic amines is 1. The van der Waals surface area contributed by atoms with Crippen LogP contribution in [-0.2, 0) is 0 Å². The zero-order chi connectivity index (χ0) is 12.9. The second kappa shape index (κ2) is 5.53. The number of rotatable bonds is 5. The molecular formula is C9H13N3O5. The highest BCUT2D eigenvalue weighted by Crippen LogP contribution is 2.03. The number of hydrogen-bond donors (Lipinski definition) is 5. The average Bonchev–Trinajstić information content (AvgIpc) is 2.37. The topological polar surface area (TPSA) is 136 Å². The normalized spacial score (nSPS) is 11.2. The summed E-state index contributed by atoms with van der Waals surface area (Å²) < 4.78 is 0. The van der Waals surface area contributed by atoms with Crippen LogP contribution in [0.25, 0.3) is 0 Å². The molecule has 0 atom stereocenters. The maximum absolute atomic E-state index is 11.6. The monoisotopic (exact) mass is 243 g/mol. The van der Waals surface area contributed by atoms with Crippen molar-refractivity contribution in [1.29, 1.82) is 0 Å². The van der Waals surface area contributed by atoms with E-state index < -0.39 is 36.8 Å². The quantitative estimate of drug-likeness (QED) is 0.379. The Labute approximate surface area is 95.9 Å². The zero-order valence-corrected chi connectivity index (χ0v) is 8.88. The Balaban J connectivity index is 2.84. The van der Waals surface area contributed by atoms with Crippen molar-refractivity contribution in [3.63, 3.8) is 0 Å². The number of aliphatic hydroxyl groups is 3. The van der Waals surface area contributed by atoms with Gasteiger partial charge < -0.3 is 20.6 Å². The highest BCUT2D eigenvalue weighted by atomic mass is 16.3. The molecule has 0 radical (unpaired) electrons.